The van der Waals surface area contributed by atoms with Gasteiger partial charge in [-0.05, 0) is 20.3 Å². The zero-order chi connectivity index (χ0) is 16.7. The number of aromatic nitrogens is 1. The molecule has 1 aromatic rings. The third-order valence-corrected chi connectivity index (χ3v) is 4.66. The lowest BCUT2D eigenvalue weighted by atomic mass is 10.3. The lowest BCUT2D eigenvalue weighted by molar-refractivity contribution is -0.129. The topological polar surface area (TPSA) is 69.6 Å². The van der Waals surface area contributed by atoms with Gasteiger partial charge in [-0.1, -0.05) is 6.92 Å². The van der Waals surface area contributed by atoms with Crippen LogP contribution in [0.2, 0.25) is 0 Å². The maximum absolute atomic E-state index is 11.7. The van der Waals surface area contributed by atoms with Crippen molar-refractivity contribution in [1.82, 2.24) is 20.5 Å². The van der Waals surface area contributed by atoms with Crippen molar-refractivity contribution in [1.29, 1.82) is 0 Å². The molecule has 1 atom stereocenters. The molecule has 0 radical (unpaired) electrons. The molecule has 1 aliphatic rings. The lowest BCUT2D eigenvalue weighted by Crippen LogP contribution is -2.45. The van der Waals surface area contributed by atoms with Crippen LogP contribution in [0.4, 0.5) is 0 Å². The predicted molar refractivity (Wildman–Crippen MR) is 110 cm³/mol. The monoisotopic (exact) mass is 465 g/mol. The Morgan fingerprint density at radius 3 is 2.92 bits per heavy atom. The summed E-state index contributed by atoms with van der Waals surface area (Å²) < 4.78 is 0. The summed E-state index contributed by atoms with van der Waals surface area (Å²) in [7, 11) is 0. The maximum Gasteiger partial charge on any atom is 0.222 e. The van der Waals surface area contributed by atoms with E-state index in [-0.39, 0.29) is 35.9 Å². The fourth-order valence-corrected chi connectivity index (χ4v) is 3.29. The number of carbonyl (C=O) groups excluding carboxylic acids is 1. The second-order valence-electron chi connectivity index (χ2n) is 5.69. The van der Waals surface area contributed by atoms with Gasteiger partial charge in [-0.3, -0.25) is 9.79 Å². The third kappa shape index (κ3) is 6.54. The van der Waals surface area contributed by atoms with E-state index < -0.39 is 0 Å². The highest BCUT2D eigenvalue weighted by atomic mass is 127. The first kappa shape index (κ1) is 21.1. The van der Waals surface area contributed by atoms with Gasteiger partial charge in [0.2, 0.25) is 5.91 Å². The Hall–Kier alpha value is -0.900. The number of guanidine groups is 1. The first-order valence-corrected chi connectivity index (χ1v) is 9.24. The predicted octanol–water partition coefficient (Wildman–Crippen LogP) is 2.18. The lowest BCUT2D eigenvalue weighted by Gasteiger charge is -2.18. The Morgan fingerprint density at radius 2 is 2.29 bits per heavy atom. The molecule has 1 amide bonds. The first-order chi connectivity index (χ1) is 11.1. The first-order valence-electron chi connectivity index (χ1n) is 8.36. The maximum atomic E-state index is 11.7. The normalized spacial score (nSPS) is 17.5. The van der Waals surface area contributed by atoms with Crippen molar-refractivity contribution in [3.63, 3.8) is 0 Å². The van der Waals surface area contributed by atoms with E-state index in [9.17, 15) is 4.79 Å². The molecule has 0 aromatic carbocycles. The van der Waals surface area contributed by atoms with Crippen molar-refractivity contribution in [2.45, 2.75) is 46.1 Å². The van der Waals surface area contributed by atoms with Crippen molar-refractivity contribution in [3.8, 4) is 0 Å². The van der Waals surface area contributed by atoms with Gasteiger partial charge >= 0.3 is 0 Å². The fourth-order valence-electron chi connectivity index (χ4n) is 2.65. The van der Waals surface area contributed by atoms with Crippen LogP contribution >= 0.6 is 35.3 Å². The second-order valence-corrected chi connectivity index (χ2v) is 6.75. The van der Waals surface area contributed by atoms with Gasteiger partial charge < -0.3 is 15.5 Å². The largest absolute Gasteiger partial charge is 0.357 e. The average molecular weight is 465 g/mol. The number of halogens is 1. The van der Waals surface area contributed by atoms with Crippen molar-refractivity contribution >= 4 is 47.2 Å². The molecule has 1 saturated heterocycles. The van der Waals surface area contributed by atoms with E-state index in [0.717, 1.165) is 49.1 Å². The fraction of sp³-hybridized carbons (Fsp3) is 0.688. The molecular formula is C16H28IN5OS. The number of thiazole rings is 1. The van der Waals surface area contributed by atoms with Crippen LogP contribution in [0.1, 0.15) is 37.4 Å². The van der Waals surface area contributed by atoms with Gasteiger partial charge in [-0.2, -0.15) is 0 Å². The van der Waals surface area contributed by atoms with E-state index in [2.05, 4.69) is 32.9 Å². The van der Waals surface area contributed by atoms with E-state index >= 15 is 0 Å². The van der Waals surface area contributed by atoms with Gasteiger partial charge in [0.05, 0.1) is 10.7 Å². The number of rotatable bonds is 6. The molecule has 2 N–H and O–H groups in total. The summed E-state index contributed by atoms with van der Waals surface area (Å²) in [4.78, 5) is 22.8. The number of amides is 1. The molecule has 8 heteroatoms. The van der Waals surface area contributed by atoms with Gasteiger partial charge in [-0.25, -0.2) is 4.98 Å². The molecule has 6 nitrogen and oxygen atoms in total. The third-order valence-electron chi connectivity index (χ3n) is 3.83. The number of aliphatic imine (C=N–C) groups is 1. The molecule has 1 aromatic heterocycles. The molecule has 0 aliphatic carbocycles. The molecule has 0 saturated carbocycles. The average Bonchev–Trinajstić information content (AvgIpc) is 3.16. The van der Waals surface area contributed by atoms with Gasteiger partial charge in [0.25, 0.3) is 0 Å². The van der Waals surface area contributed by atoms with Crippen LogP contribution in [0, 0.1) is 6.92 Å². The van der Waals surface area contributed by atoms with Crippen molar-refractivity contribution in [2.75, 3.05) is 26.2 Å². The molecule has 1 aliphatic heterocycles. The van der Waals surface area contributed by atoms with E-state index in [0.29, 0.717) is 13.0 Å². The Morgan fingerprint density at radius 1 is 1.50 bits per heavy atom. The Balaban J connectivity index is 0.00000288. The van der Waals surface area contributed by atoms with Gasteiger partial charge in [-0.15, -0.1) is 35.3 Å². The number of aryl methyl sites for hydroxylation is 1. The zero-order valence-electron chi connectivity index (χ0n) is 14.7. The van der Waals surface area contributed by atoms with Crippen LogP contribution < -0.4 is 10.6 Å². The molecule has 2 heterocycles. The second kappa shape index (κ2) is 10.9. The molecular weight excluding hydrogens is 437 g/mol. The molecule has 136 valence electrons. The molecule has 1 unspecified atom stereocenters. The van der Waals surface area contributed by atoms with Crippen LogP contribution in [0.3, 0.4) is 0 Å². The Kier molecular flexibility index (Phi) is 9.57. The van der Waals surface area contributed by atoms with E-state index in [1.165, 1.54) is 0 Å². The van der Waals surface area contributed by atoms with E-state index in [1.54, 1.807) is 11.3 Å². The minimum absolute atomic E-state index is 0. The highest BCUT2D eigenvalue weighted by Crippen LogP contribution is 2.11. The number of hydrogen-bond acceptors (Lipinski definition) is 4. The minimum Gasteiger partial charge on any atom is -0.357 e. The number of nitrogens with zero attached hydrogens (tertiary/aromatic N) is 3. The molecule has 1 fully saturated rings. The van der Waals surface area contributed by atoms with Crippen molar-refractivity contribution in [2.24, 2.45) is 4.99 Å². The highest BCUT2D eigenvalue weighted by molar-refractivity contribution is 14.0. The number of nitrogens with one attached hydrogen (secondary N) is 2. The quantitative estimate of drug-likeness (QED) is 0.384. The summed E-state index contributed by atoms with van der Waals surface area (Å²) in [5, 5.41) is 9.91. The Labute approximate surface area is 165 Å². The molecule has 24 heavy (non-hydrogen) atoms. The standard InChI is InChI=1S/C16H27N5OS.HI/c1-4-15(22)21-9-7-13(10-21)20-16(17-5-2)18-8-6-14-11-23-12(3)19-14;/h11,13H,4-10H2,1-3H3,(H2,17,18,20);1H. The molecule has 0 spiro atoms. The summed E-state index contributed by atoms with van der Waals surface area (Å²) in [6.45, 7) is 9.13. The summed E-state index contributed by atoms with van der Waals surface area (Å²) in [5.41, 5.74) is 1.10. The van der Waals surface area contributed by atoms with Crippen molar-refractivity contribution in [3.05, 3.63) is 16.1 Å². The Bertz CT molecular complexity index is 548. The molecule has 0 bridgehead atoms. The van der Waals surface area contributed by atoms with Crippen LogP contribution in [0.5, 0.6) is 0 Å². The van der Waals surface area contributed by atoms with E-state index in [4.69, 9.17) is 0 Å². The SMILES string of the molecule is CCNC(=NCCc1csc(C)n1)NC1CCN(C(=O)CC)C1.I. The zero-order valence-corrected chi connectivity index (χ0v) is 17.8. The van der Waals surface area contributed by atoms with Crippen LogP contribution in [-0.4, -0.2) is 54.0 Å². The van der Waals surface area contributed by atoms with Crippen LogP contribution in [-0.2, 0) is 11.2 Å². The van der Waals surface area contributed by atoms with Crippen LogP contribution in [0.15, 0.2) is 10.4 Å². The van der Waals surface area contributed by atoms with Crippen LogP contribution in [0.25, 0.3) is 0 Å². The van der Waals surface area contributed by atoms with E-state index in [1.807, 2.05) is 18.7 Å². The summed E-state index contributed by atoms with van der Waals surface area (Å²) >= 11 is 1.68. The number of likely N-dealkylation sites (tertiary alicyclic amines) is 1. The number of carbonyl (C=O) groups is 1. The molecule has 2 rings (SSSR count). The van der Waals surface area contributed by atoms with Gasteiger partial charge in [0.1, 0.15) is 0 Å². The van der Waals surface area contributed by atoms with Crippen molar-refractivity contribution < 1.29 is 4.79 Å². The van der Waals surface area contributed by atoms with Gasteiger partial charge in [0.15, 0.2) is 5.96 Å². The smallest absolute Gasteiger partial charge is 0.222 e. The van der Waals surface area contributed by atoms with Gasteiger partial charge in [0, 0.05) is 50.4 Å². The summed E-state index contributed by atoms with van der Waals surface area (Å²) in [6, 6.07) is 0.282. The highest BCUT2D eigenvalue weighted by Gasteiger charge is 2.25. The summed E-state index contributed by atoms with van der Waals surface area (Å²) in [5.74, 6) is 1.06. The minimum atomic E-state index is 0. The summed E-state index contributed by atoms with van der Waals surface area (Å²) in [6.07, 6.45) is 2.40. The number of hydrogen-bond donors (Lipinski definition) is 2.